The van der Waals surface area contributed by atoms with Gasteiger partial charge >= 0.3 is 0 Å². The van der Waals surface area contributed by atoms with Gasteiger partial charge in [-0.1, -0.05) is 11.2 Å². The molecule has 0 saturated heterocycles. The van der Waals surface area contributed by atoms with E-state index >= 15 is 0 Å². The van der Waals surface area contributed by atoms with Crippen molar-refractivity contribution in [3.8, 4) is 34.3 Å². The van der Waals surface area contributed by atoms with Crippen LogP contribution < -0.4 is 9.64 Å². The van der Waals surface area contributed by atoms with Crippen LogP contribution in [-0.4, -0.2) is 29.2 Å². The van der Waals surface area contributed by atoms with E-state index in [1.165, 1.54) is 0 Å². The number of rotatable bonds is 5. The lowest BCUT2D eigenvalue weighted by molar-refractivity contribution is 0.432. The maximum atomic E-state index is 5.95. The van der Waals surface area contributed by atoms with Crippen LogP contribution in [0.4, 0.5) is 5.69 Å². The van der Waals surface area contributed by atoms with Gasteiger partial charge in [0.25, 0.3) is 5.89 Å². The molecule has 2 aromatic heterocycles. The Kier molecular flexibility index (Phi) is 4.76. The van der Waals surface area contributed by atoms with Gasteiger partial charge in [0.15, 0.2) is 0 Å². The van der Waals surface area contributed by atoms with Crippen LogP contribution in [0.3, 0.4) is 0 Å². The smallest absolute Gasteiger partial charge is 0.258 e. The molecule has 6 heteroatoms. The molecule has 6 nitrogen and oxygen atoms in total. The molecule has 0 radical (unpaired) electrons. The van der Waals surface area contributed by atoms with Crippen LogP contribution in [0.2, 0.25) is 0 Å². The van der Waals surface area contributed by atoms with Crippen molar-refractivity contribution < 1.29 is 9.26 Å². The van der Waals surface area contributed by atoms with Gasteiger partial charge in [-0.15, -0.1) is 0 Å². The van der Waals surface area contributed by atoms with Crippen LogP contribution in [0.15, 0.2) is 71.5 Å². The summed E-state index contributed by atoms with van der Waals surface area (Å²) in [6.45, 7) is 1.96. The van der Waals surface area contributed by atoms with Crippen molar-refractivity contribution >= 4 is 5.69 Å². The fourth-order valence-corrected chi connectivity index (χ4v) is 2.80. The minimum Gasteiger partial charge on any atom is -0.457 e. The van der Waals surface area contributed by atoms with Crippen LogP contribution in [-0.2, 0) is 0 Å². The van der Waals surface area contributed by atoms with Crippen molar-refractivity contribution in [2.24, 2.45) is 0 Å². The van der Waals surface area contributed by atoms with E-state index in [9.17, 15) is 0 Å². The standard InChI is InChI=1S/C22H20N4O2/c1-15-14-23-12-11-20(15)22-24-21(25-28-22)16-7-9-18(10-8-16)27-19-6-4-5-17(13-19)26(2)3/h4-14H,1-3H3. The second-order valence-corrected chi connectivity index (χ2v) is 6.63. The molecule has 2 aromatic carbocycles. The van der Waals surface area contributed by atoms with Crippen LogP contribution in [0.1, 0.15) is 5.56 Å². The molecule has 0 aliphatic carbocycles. The predicted octanol–water partition coefficient (Wildman–Crippen LogP) is 4.97. The molecule has 0 amide bonds. The van der Waals surface area contributed by atoms with Crippen molar-refractivity contribution in [3.05, 3.63) is 72.6 Å². The van der Waals surface area contributed by atoms with Crippen LogP contribution in [0.25, 0.3) is 22.8 Å². The van der Waals surface area contributed by atoms with E-state index in [2.05, 4.69) is 15.1 Å². The van der Waals surface area contributed by atoms with Gasteiger partial charge in [-0.05, 0) is 55.0 Å². The van der Waals surface area contributed by atoms with Crippen molar-refractivity contribution in [1.29, 1.82) is 0 Å². The number of aryl methyl sites for hydroxylation is 1. The molecule has 0 bridgehead atoms. The lowest BCUT2D eigenvalue weighted by Gasteiger charge is -2.14. The van der Waals surface area contributed by atoms with Crippen LogP contribution in [0, 0.1) is 6.92 Å². The first kappa shape index (κ1) is 17.7. The van der Waals surface area contributed by atoms with Crippen molar-refractivity contribution in [1.82, 2.24) is 15.1 Å². The number of anilines is 1. The normalized spacial score (nSPS) is 10.7. The molecule has 0 aliphatic heterocycles. The summed E-state index contributed by atoms with van der Waals surface area (Å²) < 4.78 is 11.4. The fraction of sp³-hybridized carbons (Fsp3) is 0.136. The minimum absolute atomic E-state index is 0.482. The lowest BCUT2D eigenvalue weighted by Crippen LogP contribution is -2.08. The van der Waals surface area contributed by atoms with Gasteiger partial charge in [0.05, 0.1) is 0 Å². The largest absolute Gasteiger partial charge is 0.457 e. The van der Waals surface area contributed by atoms with Crippen LogP contribution in [0.5, 0.6) is 11.5 Å². The highest BCUT2D eigenvalue weighted by Crippen LogP contribution is 2.28. The summed E-state index contributed by atoms with van der Waals surface area (Å²) in [5.74, 6) is 2.55. The zero-order valence-electron chi connectivity index (χ0n) is 16.0. The highest BCUT2D eigenvalue weighted by Gasteiger charge is 2.12. The third kappa shape index (κ3) is 3.71. The number of benzene rings is 2. The zero-order chi connectivity index (χ0) is 19.5. The zero-order valence-corrected chi connectivity index (χ0v) is 16.0. The molecule has 0 unspecified atom stereocenters. The Morgan fingerprint density at radius 2 is 1.79 bits per heavy atom. The minimum atomic E-state index is 0.482. The first-order chi connectivity index (χ1) is 13.6. The summed E-state index contributed by atoms with van der Waals surface area (Å²) in [7, 11) is 4.00. The van der Waals surface area contributed by atoms with Gasteiger partial charge in [0, 0.05) is 49.4 Å². The summed E-state index contributed by atoms with van der Waals surface area (Å²) in [5, 5.41) is 4.10. The molecule has 0 spiro atoms. The van der Waals surface area contributed by atoms with E-state index in [0.717, 1.165) is 33.9 Å². The van der Waals surface area contributed by atoms with Crippen molar-refractivity contribution in [2.75, 3.05) is 19.0 Å². The van der Waals surface area contributed by atoms with Gasteiger partial charge in [-0.3, -0.25) is 4.98 Å². The summed E-state index contributed by atoms with van der Waals surface area (Å²) in [6.07, 6.45) is 3.49. The third-order valence-electron chi connectivity index (χ3n) is 4.36. The molecular weight excluding hydrogens is 352 g/mol. The first-order valence-electron chi connectivity index (χ1n) is 8.90. The third-order valence-corrected chi connectivity index (χ3v) is 4.36. The van der Waals surface area contributed by atoms with Gasteiger partial charge < -0.3 is 14.2 Å². The Hall–Kier alpha value is -3.67. The molecule has 0 fully saturated rings. The average Bonchev–Trinajstić information content (AvgIpc) is 3.19. The number of pyridine rings is 1. The van der Waals surface area contributed by atoms with E-state index in [1.54, 1.807) is 12.4 Å². The molecule has 0 N–H and O–H groups in total. The van der Waals surface area contributed by atoms with Gasteiger partial charge in [-0.2, -0.15) is 4.98 Å². The number of ether oxygens (including phenoxy) is 1. The Bertz CT molecular complexity index is 1090. The van der Waals surface area contributed by atoms with Gasteiger partial charge in [0.2, 0.25) is 5.82 Å². The quantitative estimate of drug-likeness (QED) is 0.493. The molecule has 28 heavy (non-hydrogen) atoms. The lowest BCUT2D eigenvalue weighted by atomic mass is 10.1. The molecule has 0 aliphatic rings. The molecule has 0 saturated carbocycles. The summed E-state index contributed by atoms with van der Waals surface area (Å²) >= 11 is 0. The molecule has 140 valence electrons. The van der Waals surface area contributed by atoms with E-state index in [0.29, 0.717) is 11.7 Å². The molecular formula is C22H20N4O2. The van der Waals surface area contributed by atoms with E-state index in [4.69, 9.17) is 9.26 Å². The van der Waals surface area contributed by atoms with E-state index in [-0.39, 0.29) is 0 Å². The second-order valence-electron chi connectivity index (χ2n) is 6.63. The number of hydrogen-bond acceptors (Lipinski definition) is 6. The fourth-order valence-electron chi connectivity index (χ4n) is 2.80. The SMILES string of the molecule is Cc1cnccc1-c1nc(-c2ccc(Oc3cccc(N(C)C)c3)cc2)no1. The molecule has 2 heterocycles. The Morgan fingerprint density at radius 1 is 0.964 bits per heavy atom. The highest BCUT2D eigenvalue weighted by atomic mass is 16.5. The number of nitrogens with zero attached hydrogens (tertiary/aromatic N) is 4. The Morgan fingerprint density at radius 3 is 2.54 bits per heavy atom. The van der Waals surface area contributed by atoms with Crippen molar-refractivity contribution in [3.63, 3.8) is 0 Å². The maximum Gasteiger partial charge on any atom is 0.258 e. The summed E-state index contributed by atoms with van der Waals surface area (Å²) in [4.78, 5) is 10.6. The second kappa shape index (κ2) is 7.52. The van der Waals surface area contributed by atoms with Crippen LogP contribution >= 0.6 is 0 Å². The topological polar surface area (TPSA) is 64.3 Å². The number of hydrogen-bond donors (Lipinski definition) is 0. The van der Waals surface area contributed by atoms with E-state index < -0.39 is 0 Å². The molecule has 4 aromatic rings. The predicted molar refractivity (Wildman–Crippen MR) is 109 cm³/mol. The Balaban J connectivity index is 1.53. The molecule has 4 rings (SSSR count). The monoisotopic (exact) mass is 372 g/mol. The summed E-state index contributed by atoms with van der Waals surface area (Å²) in [5.41, 5.74) is 3.81. The Labute approximate surface area is 163 Å². The number of aromatic nitrogens is 3. The highest BCUT2D eigenvalue weighted by molar-refractivity contribution is 5.62. The maximum absolute atomic E-state index is 5.95. The van der Waals surface area contributed by atoms with Crippen molar-refractivity contribution in [2.45, 2.75) is 6.92 Å². The molecule has 0 atom stereocenters. The average molecular weight is 372 g/mol. The first-order valence-corrected chi connectivity index (χ1v) is 8.90. The summed E-state index contributed by atoms with van der Waals surface area (Å²) in [6, 6.07) is 17.4. The van der Waals surface area contributed by atoms with E-state index in [1.807, 2.05) is 80.5 Å². The van der Waals surface area contributed by atoms with Gasteiger partial charge in [0.1, 0.15) is 11.5 Å². The van der Waals surface area contributed by atoms with Gasteiger partial charge in [-0.25, -0.2) is 0 Å².